The van der Waals surface area contributed by atoms with E-state index in [2.05, 4.69) is 0 Å². The van der Waals surface area contributed by atoms with E-state index in [9.17, 15) is 4.79 Å². The van der Waals surface area contributed by atoms with E-state index in [4.69, 9.17) is 10.5 Å². The first kappa shape index (κ1) is 12.4. The van der Waals surface area contributed by atoms with Gasteiger partial charge >= 0.3 is 5.97 Å². The fourth-order valence-corrected chi connectivity index (χ4v) is 3.50. The lowest BCUT2D eigenvalue weighted by Crippen LogP contribution is -2.06. The minimum atomic E-state index is -0.262. The minimum Gasteiger partial charge on any atom is -0.462 e. The minimum absolute atomic E-state index is 0.262. The average Bonchev–Trinajstić information content (AvgIpc) is 2.55. The van der Waals surface area contributed by atoms with Crippen LogP contribution >= 0.6 is 11.3 Å². The molecule has 0 aliphatic heterocycles. The molecule has 0 radical (unpaired) electrons. The Morgan fingerprint density at radius 2 is 2.00 bits per heavy atom. The predicted molar refractivity (Wildman–Crippen MR) is 70.6 cm³/mol. The van der Waals surface area contributed by atoms with Crippen LogP contribution in [0.3, 0.4) is 0 Å². The quantitative estimate of drug-likeness (QED) is 0.824. The number of ether oxygens (including phenoxy) is 1. The molecule has 0 atom stereocenters. The monoisotopic (exact) mass is 253 g/mol. The molecule has 17 heavy (non-hydrogen) atoms. The van der Waals surface area contributed by atoms with Gasteiger partial charge in [0.1, 0.15) is 4.88 Å². The molecule has 94 valence electrons. The van der Waals surface area contributed by atoms with E-state index in [1.807, 2.05) is 6.92 Å². The van der Waals surface area contributed by atoms with Crippen molar-refractivity contribution in [2.24, 2.45) is 0 Å². The molecule has 0 unspecified atom stereocenters. The number of rotatable bonds is 2. The van der Waals surface area contributed by atoms with Crippen LogP contribution in [-0.4, -0.2) is 12.6 Å². The third-order valence-corrected chi connectivity index (χ3v) is 4.46. The summed E-state index contributed by atoms with van der Waals surface area (Å²) in [7, 11) is 0. The Hall–Kier alpha value is -1.03. The van der Waals surface area contributed by atoms with Crippen molar-refractivity contribution in [3.63, 3.8) is 0 Å². The molecule has 0 spiro atoms. The second-order valence-corrected chi connectivity index (χ2v) is 5.49. The fraction of sp³-hybridized carbons (Fsp3) is 0.615. The maximum absolute atomic E-state index is 11.8. The first-order valence-corrected chi connectivity index (χ1v) is 7.12. The summed E-state index contributed by atoms with van der Waals surface area (Å²) in [5, 5.41) is 0. The van der Waals surface area contributed by atoms with Gasteiger partial charge in [-0.3, -0.25) is 0 Å². The number of fused-ring (bicyclic) bond motifs is 1. The summed E-state index contributed by atoms with van der Waals surface area (Å²) in [6.45, 7) is 2.22. The Bertz CT molecular complexity index is 412. The molecule has 2 N–H and O–H groups in total. The highest BCUT2D eigenvalue weighted by atomic mass is 32.1. The maximum atomic E-state index is 11.8. The number of nitrogen functional groups attached to an aromatic ring is 1. The number of carbonyl (C=O) groups excluding carboxylic acids is 1. The van der Waals surface area contributed by atoms with Gasteiger partial charge in [0.15, 0.2) is 0 Å². The SMILES string of the molecule is CCOC(=O)c1sc2c(c1N)CCCCCC2. The van der Waals surface area contributed by atoms with Gasteiger partial charge in [-0.15, -0.1) is 11.3 Å². The van der Waals surface area contributed by atoms with Crippen molar-refractivity contribution in [2.45, 2.75) is 45.4 Å². The summed E-state index contributed by atoms with van der Waals surface area (Å²) in [4.78, 5) is 13.7. The van der Waals surface area contributed by atoms with E-state index in [0.717, 1.165) is 12.8 Å². The average molecular weight is 253 g/mol. The van der Waals surface area contributed by atoms with Crippen molar-refractivity contribution in [1.82, 2.24) is 0 Å². The van der Waals surface area contributed by atoms with Crippen LogP contribution in [0.4, 0.5) is 5.69 Å². The summed E-state index contributed by atoms with van der Waals surface area (Å²) < 4.78 is 5.04. The second-order valence-electron chi connectivity index (χ2n) is 4.38. The Kier molecular flexibility index (Phi) is 4.05. The summed E-state index contributed by atoms with van der Waals surface area (Å²) in [6, 6.07) is 0. The smallest absolute Gasteiger partial charge is 0.350 e. The molecule has 0 saturated carbocycles. The van der Waals surface area contributed by atoms with Gasteiger partial charge in [0.05, 0.1) is 12.3 Å². The van der Waals surface area contributed by atoms with E-state index in [1.165, 1.54) is 47.5 Å². The molecule has 0 saturated heterocycles. The Balaban J connectivity index is 2.29. The van der Waals surface area contributed by atoms with Gasteiger partial charge in [0.25, 0.3) is 0 Å². The Labute approximate surface area is 106 Å². The summed E-state index contributed by atoms with van der Waals surface area (Å²) in [5.41, 5.74) is 7.96. The standard InChI is InChI=1S/C13H19NO2S/c1-2-16-13(15)12-11(14)9-7-5-3-4-6-8-10(9)17-12/h2-8,14H2,1H3. The first-order chi connectivity index (χ1) is 8.24. The lowest BCUT2D eigenvalue weighted by molar-refractivity contribution is 0.0533. The van der Waals surface area contributed by atoms with Crippen molar-refractivity contribution in [3.8, 4) is 0 Å². The maximum Gasteiger partial charge on any atom is 0.350 e. The molecule has 4 heteroatoms. The van der Waals surface area contributed by atoms with Crippen molar-refractivity contribution in [3.05, 3.63) is 15.3 Å². The zero-order valence-corrected chi connectivity index (χ0v) is 11.1. The molecule has 1 aromatic heterocycles. The first-order valence-electron chi connectivity index (χ1n) is 6.31. The Morgan fingerprint density at radius 3 is 2.71 bits per heavy atom. The van der Waals surface area contributed by atoms with Crippen molar-refractivity contribution >= 4 is 23.0 Å². The number of hydrogen-bond donors (Lipinski definition) is 1. The highest BCUT2D eigenvalue weighted by Gasteiger charge is 2.21. The molecular weight excluding hydrogens is 234 g/mol. The van der Waals surface area contributed by atoms with Gasteiger partial charge in [-0.2, -0.15) is 0 Å². The Morgan fingerprint density at radius 1 is 1.29 bits per heavy atom. The van der Waals surface area contributed by atoms with Crippen LogP contribution in [0.15, 0.2) is 0 Å². The van der Waals surface area contributed by atoms with Gasteiger partial charge in [-0.1, -0.05) is 12.8 Å². The van der Waals surface area contributed by atoms with E-state index in [0.29, 0.717) is 17.2 Å². The zero-order chi connectivity index (χ0) is 12.3. The second kappa shape index (κ2) is 5.54. The number of hydrogen-bond acceptors (Lipinski definition) is 4. The number of anilines is 1. The fourth-order valence-electron chi connectivity index (χ4n) is 2.29. The van der Waals surface area contributed by atoms with E-state index in [1.54, 1.807) is 0 Å². The summed E-state index contributed by atoms with van der Waals surface area (Å²) >= 11 is 1.53. The molecule has 1 aliphatic rings. The number of nitrogens with two attached hydrogens (primary N) is 1. The van der Waals surface area contributed by atoms with Crippen molar-refractivity contribution in [1.29, 1.82) is 0 Å². The third-order valence-electron chi connectivity index (χ3n) is 3.17. The van der Waals surface area contributed by atoms with Crippen LogP contribution in [0.25, 0.3) is 0 Å². The molecule has 0 bridgehead atoms. The molecule has 1 aromatic rings. The van der Waals surface area contributed by atoms with Crippen LogP contribution in [0, 0.1) is 0 Å². The molecule has 1 aliphatic carbocycles. The normalized spacial score (nSPS) is 15.8. The number of carbonyl (C=O) groups is 1. The lowest BCUT2D eigenvalue weighted by Gasteiger charge is -2.09. The molecule has 2 rings (SSSR count). The van der Waals surface area contributed by atoms with Gasteiger partial charge in [-0.05, 0) is 38.2 Å². The largest absolute Gasteiger partial charge is 0.462 e. The molecule has 1 heterocycles. The van der Waals surface area contributed by atoms with Gasteiger partial charge in [0, 0.05) is 4.88 Å². The van der Waals surface area contributed by atoms with Crippen molar-refractivity contribution in [2.75, 3.05) is 12.3 Å². The zero-order valence-electron chi connectivity index (χ0n) is 10.3. The number of thiophene rings is 1. The molecule has 3 nitrogen and oxygen atoms in total. The highest BCUT2D eigenvalue weighted by Crippen LogP contribution is 2.35. The van der Waals surface area contributed by atoms with Crippen LogP contribution < -0.4 is 5.73 Å². The van der Waals surface area contributed by atoms with Gasteiger partial charge < -0.3 is 10.5 Å². The van der Waals surface area contributed by atoms with Gasteiger partial charge in [-0.25, -0.2) is 4.79 Å². The molecule has 0 fully saturated rings. The number of esters is 1. The van der Waals surface area contributed by atoms with E-state index < -0.39 is 0 Å². The summed E-state index contributed by atoms with van der Waals surface area (Å²) in [6.07, 6.45) is 7.00. The predicted octanol–water partition coefficient (Wildman–Crippen LogP) is 3.17. The van der Waals surface area contributed by atoms with Crippen LogP contribution in [0.1, 0.15) is 52.7 Å². The molecule has 0 aromatic carbocycles. The lowest BCUT2D eigenvalue weighted by atomic mass is 9.98. The molecule has 0 amide bonds. The van der Waals surface area contributed by atoms with E-state index >= 15 is 0 Å². The number of aryl methyl sites for hydroxylation is 1. The highest BCUT2D eigenvalue weighted by molar-refractivity contribution is 7.14. The van der Waals surface area contributed by atoms with Gasteiger partial charge in [0.2, 0.25) is 0 Å². The molecular formula is C13H19NO2S. The third kappa shape index (κ3) is 2.63. The summed E-state index contributed by atoms with van der Waals surface area (Å²) in [5.74, 6) is -0.262. The van der Waals surface area contributed by atoms with Crippen molar-refractivity contribution < 1.29 is 9.53 Å². The topological polar surface area (TPSA) is 52.3 Å². The van der Waals surface area contributed by atoms with Crippen LogP contribution in [0.2, 0.25) is 0 Å². The van der Waals surface area contributed by atoms with E-state index in [-0.39, 0.29) is 5.97 Å². The van der Waals surface area contributed by atoms with Crippen LogP contribution in [-0.2, 0) is 17.6 Å². The van der Waals surface area contributed by atoms with Crippen LogP contribution in [0.5, 0.6) is 0 Å².